The van der Waals surface area contributed by atoms with Crippen LogP contribution >= 0.6 is 0 Å². The first-order valence-corrected chi connectivity index (χ1v) is 6.90. The number of Topliss-reactive ketones (excluding diaryl/α,β-unsaturated/α-hetero) is 1. The van der Waals surface area contributed by atoms with Crippen molar-refractivity contribution in [3.8, 4) is 5.75 Å². The molecule has 1 aromatic rings. The summed E-state index contributed by atoms with van der Waals surface area (Å²) < 4.78 is 12.5. The van der Waals surface area contributed by atoms with Gasteiger partial charge in [0.1, 0.15) is 5.60 Å². The Bertz CT molecular complexity index is 533. The summed E-state index contributed by atoms with van der Waals surface area (Å²) in [5.74, 6) is 0.428. The topological polar surface area (TPSA) is 73.7 Å². The van der Waals surface area contributed by atoms with E-state index in [4.69, 9.17) is 9.47 Å². The summed E-state index contributed by atoms with van der Waals surface area (Å²) in [4.78, 5) is 25.4. The summed E-state index contributed by atoms with van der Waals surface area (Å²) in [7, 11) is 1.78. The highest BCUT2D eigenvalue weighted by Gasteiger charge is 2.33. The van der Waals surface area contributed by atoms with Crippen LogP contribution < -0.4 is 4.74 Å². The standard InChI is InChI=1S/C14H21N3O4/c1-14(2,3)21-13(19)17-6-5-12(11(18)9-17)20-10-7-15-16(4)8-10/h7-8,12H,5-6,9H2,1-4H3. The fourth-order valence-corrected chi connectivity index (χ4v) is 2.03. The molecule has 1 fully saturated rings. The molecule has 0 radical (unpaired) electrons. The van der Waals surface area contributed by atoms with Gasteiger partial charge >= 0.3 is 6.09 Å². The Morgan fingerprint density at radius 1 is 1.43 bits per heavy atom. The van der Waals surface area contributed by atoms with E-state index in [9.17, 15) is 9.59 Å². The van der Waals surface area contributed by atoms with Crippen molar-refractivity contribution in [2.75, 3.05) is 13.1 Å². The van der Waals surface area contributed by atoms with E-state index in [2.05, 4.69) is 5.10 Å². The molecule has 116 valence electrons. The Morgan fingerprint density at radius 3 is 2.67 bits per heavy atom. The van der Waals surface area contributed by atoms with Crippen molar-refractivity contribution < 1.29 is 19.1 Å². The molecule has 0 aliphatic carbocycles. The van der Waals surface area contributed by atoms with Gasteiger partial charge in [-0.15, -0.1) is 0 Å². The van der Waals surface area contributed by atoms with Crippen molar-refractivity contribution in [1.29, 1.82) is 0 Å². The number of hydrogen-bond acceptors (Lipinski definition) is 5. The molecule has 1 unspecified atom stereocenters. The quantitative estimate of drug-likeness (QED) is 0.824. The minimum Gasteiger partial charge on any atom is -0.479 e. The van der Waals surface area contributed by atoms with E-state index in [0.717, 1.165) is 0 Å². The van der Waals surface area contributed by atoms with Gasteiger partial charge in [-0.1, -0.05) is 0 Å². The first-order valence-electron chi connectivity index (χ1n) is 6.90. The first-order chi connectivity index (χ1) is 9.74. The lowest BCUT2D eigenvalue weighted by Crippen LogP contribution is -2.49. The molecule has 7 nitrogen and oxygen atoms in total. The van der Waals surface area contributed by atoms with Crippen LogP contribution in [0.25, 0.3) is 0 Å². The molecule has 0 N–H and O–H groups in total. The highest BCUT2D eigenvalue weighted by molar-refractivity contribution is 5.89. The average Bonchev–Trinajstić information content (AvgIpc) is 2.75. The molecule has 1 atom stereocenters. The van der Waals surface area contributed by atoms with Crippen LogP contribution in [0.2, 0.25) is 0 Å². The van der Waals surface area contributed by atoms with Crippen LogP contribution in [0, 0.1) is 0 Å². The summed E-state index contributed by atoms with van der Waals surface area (Å²) in [5.41, 5.74) is -0.566. The lowest BCUT2D eigenvalue weighted by molar-refractivity contribution is -0.130. The van der Waals surface area contributed by atoms with Crippen LogP contribution in [0.5, 0.6) is 5.75 Å². The van der Waals surface area contributed by atoms with Gasteiger partial charge < -0.3 is 14.4 Å². The monoisotopic (exact) mass is 295 g/mol. The van der Waals surface area contributed by atoms with Gasteiger partial charge in [-0.05, 0) is 20.8 Å². The molecule has 0 aromatic carbocycles. The number of ketones is 1. The number of rotatable bonds is 2. The molecule has 7 heteroatoms. The van der Waals surface area contributed by atoms with Gasteiger partial charge in [0.2, 0.25) is 0 Å². The summed E-state index contributed by atoms with van der Waals surface area (Å²) in [6, 6.07) is 0. The second kappa shape index (κ2) is 5.75. The highest BCUT2D eigenvalue weighted by Crippen LogP contribution is 2.18. The number of ether oxygens (including phenoxy) is 2. The number of carbonyl (C=O) groups is 2. The fourth-order valence-electron chi connectivity index (χ4n) is 2.03. The Balaban J connectivity index is 1.90. The third kappa shape index (κ3) is 4.21. The molecule has 0 saturated carbocycles. The second-order valence-electron chi connectivity index (χ2n) is 6.11. The minimum atomic E-state index is -0.566. The lowest BCUT2D eigenvalue weighted by Gasteiger charge is -2.32. The maximum Gasteiger partial charge on any atom is 0.410 e. The summed E-state index contributed by atoms with van der Waals surface area (Å²) in [6.45, 7) is 5.84. The molecule has 2 rings (SSSR count). The van der Waals surface area contributed by atoms with Gasteiger partial charge in [-0.2, -0.15) is 5.10 Å². The number of piperidine rings is 1. The van der Waals surface area contributed by atoms with Crippen molar-refractivity contribution in [3.63, 3.8) is 0 Å². The third-order valence-electron chi connectivity index (χ3n) is 2.98. The van der Waals surface area contributed by atoms with Gasteiger partial charge in [-0.3, -0.25) is 9.48 Å². The zero-order valence-electron chi connectivity index (χ0n) is 12.8. The maximum absolute atomic E-state index is 12.1. The third-order valence-corrected chi connectivity index (χ3v) is 2.98. The lowest BCUT2D eigenvalue weighted by atomic mass is 10.1. The molecule has 1 saturated heterocycles. The number of aromatic nitrogens is 2. The van der Waals surface area contributed by atoms with Gasteiger partial charge in [0.15, 0.2) is 17.6 Å². The number of nitrogens with zero attached hydrogens (tertiary/aromatic N) is 3. The Morgan fingerprint density at radius 2 is 2.14 bits per heavy atom. The van der Waals surface area contributed by atoms with Gasteiger partial charge in [0, 0.05) is 20.0 Å². The fraction of sp³-hybridized carbons (Fsp3) is 0.643. The van der Waals surface area contributed by atoms with Crippen LogP contribution in [0.1, 0.15) is 27.2 Å². The Labute approximate surface area is 123 Å². The van der Waals surface area contributed by atoms with Crippen molar-refractivity contribution in [3.05, 3.63) is 12.4 Å². The van der Waals surface area contributed by atoms with Crippen molar-refractivity contribution >= 4 is 11.9 Å². The van der Waals surface area contributed by atoms with Crippen molar-refractivity contribution in [1.82, 2.24) is 14.7 Å². The first kappa shape index (κ1) is 15.3. The number of carbonyl (C=O) groups excluding carboxylic acids is 2. The van der Waals surface area contributed by atoms with E-state index in [1.165, 1.54) is 4.90 Å². The van der Waals surface area contributed by atoms with E-state index < -0.39 is 17.8 Å². The van der Waals surface area contributed by atoms with Gasteiger partial charge in [0.05, 0.1) is 18.9 Å². The zero-order chi connectivity index (χ0) is 15.6. The van der Waals surface area contributed by atoms with Gasteiger partial charge in [-0.25, -0.2) is 4.79 Å². The van der Waals surface area contributed by atoms with E-state index in [-0.39, 0.29) is 12.3 Å². The molecule has 1 amide bonds. The Hall–Kier alpha value is -2.05. The number of hydrogen-bond donors (Lipinski definition) is 0. The van der Waals surface area contributed by atoms with Crippen LogP contribution in [-0.2, 0) is 16.6 Å². The molecule has 1 aliphatic rings. The van der Waals surface area contributed by atoms with Crippen molar-refractivity contribution in [2.45, 2.75) is 38.9 Å². The van der Waals surface area contributed by atoms with E-state index in [1.54, 1.807) is 44.9 Å². The SMILES string of the molecule is Cn1cc(OC2CCN(C(=O)OC(C)(C)C)CC2=O)cn1. The van der Waals surface area contributed by atoms with E-state index >= 15 is 0 Å². The van der Waals surface area contributed by atoms with Crippen LogP contribution in [-0.4, -0.2) is 51.4 Å². The van der Waals surface area contributed by atoms with E-state index in [1.807, 2.05) is 0 Å². The number of amides is 1. The highest BCUT2D eigenvalue weighted by atomic mass is 16.6. The van der Waals surface area contributed by atoms with Gasteiger partial charge in [0.25, 0.3) is 0 Å². The maximum atomic E-state index is 12.1. The van der Waals surface area contributed by atoms with Crippen molar-refractivity contribution in [2.24, 2.45) is 7.05 Å². The molecule has 1 aromatic heterocycles. The molecular weight excluding hydrogens is 274 g/mol. The van der Waals surface area contributed by atoms with E-state index in [0.29, 0.717) is 18.7 Å². The molecular formula is C14H21N3O4. The predicted octanol–water partition coefficient (Wildman–Crippen LogP) is 1.38. The van der Waals surface area contributed by atoms with Crippen LogP contribution in [0.4, 0.5) is 4.79 Å². The normalized spacial score (nSPS) is 19.5. The summed E-state index contributed by atoms with van der Waals surface area (Å²) in [6.07, 6.45) is 2.72. The zero-order valence-corrected chi connectivity index (χ0v) is 12.8. The van der Waals surface area contributed by atoms with Crippen LogP contribution in [0.15, 0.2) is 12.4 Å². The summed E-state index contributed by atoms with van der Waals surface area (Å²) in [5, 5.41) is 3.99. The second-order valence-corrected chi connectivity index (χ2v) is 6.11. The molecule has 1 aliphatic heterocycles. The predicted molar refractivity (Wildman–Crippen MR) is 75.1 cm³/mol. The Kier molecular flexibility index (Phi) is 4.20. The average molecular weight is 295 g/mol. The number of likely N-dealkylation sites (tertiary alicyclic amines) is 1. The minimum absolute atomic E-state index is 0.0137. The molecule has 0 spiro atoms. The molecule has 0 bridgehead atoms. The number of aryl methyl sites for hydroxylation is 1. The summed E-state index contributed by atoms with van der Waals surface area (Å²) >= 11 is 0. The largest absolute Gasteiger partial charge is 0.479 e. The molecule has 2 heterocycles. The molecule has 21 heavy (non-hydrogen) atoms. The van der Waals surface area contributed by atoms with Crippen LogP contribution in [0.3, 0.4) is 0 Å². The smallest absolute Gasteiger partial charge is 0.410 e.